The third kappa shape index (κ3) is 4.60. The summed E-state index contributed by atoms with van der Waals surface area (Å²) in [6, 6.07) is 9.10. The highest BCUT2D eigenvalue weighted by Crippen LogP contribution is 2.53. The highest BCUT2D eigenvalue weighted by atomic mass is 32.2. The standard InChI is InChI=1S/C28H38N2O5S/c1-18(26(31)32)9-7-11-21-13-12-20-10-8-16-30(25(20)29-21)36(33,34)22-14-15-24-23(17-22)19(2)27(3,4)28(5,6)35-24/h12-15,17-19H,7-11,16H2,1-6H3,(H,31,32). The number of rotatable bonds is 7. The van der Waals surface area contributed by atoms with Gasteiger partial charge < -0.3 is 9.84 Å². The van der Waals surface area contributed by atoms with Crippen LogP contribution < -0.4 is 9.04 Å². The van der Waals surface area contributed by atoms with Crippen LogP contribution in [0.3, 0.4) is 0 Å². The first-order valence-corrected chi connectivity index (χ1v) is 14.3. The zero-order valence-corrected chi connectivity index (χ0v) is 23.0. The van der Waals surface area contributed by atoms with Crippen molar-refractivity contribution in [3.63, 3.8) is 0 Å². The molecule has 0 spiro atoms. The summed E-state index contributed by atoms with van der Waals surface area (Å²) in [6.07, 6.45) is 3.36. The molecule has 0 fully saturated rings. The van der Waals surface area contributed by atoms with Gasteiger partial charge in [0.25, 0.3) is 10.0 Å². The molecule has 2 unspecified atom stereocenters. The Morgan fingerprint density at radius 1 is 1.22 bits per heavy atom. The average molecular weight is 515 g/mol. The van der Waals surface area contributed by atoms with E-state index in [1.807, 2.05) is 12.1 Å². The minimum Gasteiger partial charge on any atom is -0.487 e. The average Bonchev–Trinajstić information content (AvgIpc) is 2.82. The van der Waals surface area contributed by atoms with Gasteiger partial charge in [-0.1, -0.05) is 33.8 Å². The number of carbonyl (C=O) groups is 1. The van der Waals surface area contributed by atoms with Gasteiger partial charge in [0.05, 0.1) is 10.8 Å². The van der Waals surface area contributed by atoms with Crippen molar-refractivity contribution in [3.8, 4) is 5.75 Å². The molecule has 1 aromatic heterocycles. The second-order valence-electron chi connectivity index (χ2n) is 11.4. The lowest BCUT2D eigenvalue weighted by atomic mass is 9.64. The first-order valence-electron chi connectivity index (χ1n) is 12.8. The van der Waals surface area contributed by atoms with Crippen molar-refractivity contribution in [2.75, 3.05) is 10.8 Å². The monoisotopic (exact) mass is 514 g/mol. The van der Waals surface area contributed by atoms with Gasteiger partial charge in [0.2, 0.25) is 0 Å². The number of sulfonamides is 1. The van der Waals surface area contributed by atoms with E-state index < -0.39 is 21.9 Å². The summed E-state index contributed by atoms with van der Waals surface area (Å²) in [5.74, 6) is 0.125. The summed E-state index contributed by atoms with van der Waals surface area (Å²) in [5, 5.41) is 9.12. The smallest absolute Gasteiger partial charge is 0.306 e. The summed E-state index contributed by atoms with van der Waals surface area (Å²) in [6.45, 7) is 12.7. The molecule has 0 saturated heterocycles. The first kappa shape index (κ1) is 26.5. The van der Waals surface area contributed by atoms with Gasteiger partial charge in [-0.15, -0.1) is 0 Å². The van der Waals surface area contributed by atoms with E-state index in [4.69, 9.17) is 14.8 Å². The van der Waals surface area contributed by atoms with E-state index in [1.165, 1.54) is 4.31 Å². The van der Waals surface area contributed by atoms with Crippen molar-refractivity contribution in [2.24, 2.45) is 11.3 Å². The number of aliphatic carboxylic acids is 1. The van der Waals surface area contributed by atoms with Crippen molar-refractivity contribution in [2.45, 2.75) is 90.1 Å². The molecule has 2 atom stereocenters. The van der Waals surface area contributed by atoms with E-state index in [0.29, 0.717) is 31.6 Å². The van der Waals surface area contributed by atoms with Crippen LogP contribution in [-0.4, -0.2) is 36.6 Å². The SMILES string of the molecule is CC(CCCc1ccc2c(n1)N(S(=O)(=O)c1ccc3c(c1)C(C)C(C)(C)C(C)(C)O3)CCC2)C(=O)O. The predicted octanol–water partition coefficient (Wildman–Crippen LogP) is 5.57. The normalized spacial score (nSPS) is 21.2. The van der Waals surface area contributed by atoms with Crippen LogP contribution in [0.4, 0.5) is 5.82 Å². The Bertz CT molecular complexity index is 1270. The Balaban J connectivity index is 1.64. The van der Waals surface area contributed by atoms with Crippen LogP contribution in [0, 0.1) is 11.3 Å². The van der Waals surface area contributed by atoms with Crippen LogP contribution in [0.1, 0.15) is 83.5 Å². The minimum atomic E-state index is -3.82. The van der Waals surface area contributed by atoms with E-state index in [-0.39, 0.29) is 21.8 Å². The number of fused-ring (bicyclic) bond motifs is 2. The molecule has 196 valence electrons. The molecule has 2 aromatic rings. The fourth-order valence-electron chi connectivity index (χ4n) is 5.09. The lowest BCUT2D eigenvalue weighted by molar-refractivity contribution is -0.141. The number of carboxylic acid groups (broad SMARTS) is 1. The highest BCUT2D eigenvalue weighted by Gasteiger charge is 2.48. The van der Waals surface area contributed by atoms with Crippen LogP contribution in [-0.2, 0) is 27.7 Å². The molecule has 0 amide bonds. The zero-order valence-electron chi connectivity index (χ0n) is 22.2. The summed E-state index contributed by atoms with van der Waals surface area (Å²) in [7, 11) is -3.82. The molecule has 0 saturated carbocycles. The fraction of sp³-hybridized carbons (Fsp3) is 0.571. The number of hydrogen-bond donors (Lipinski definition) is 1. The Labute approximate surface area is 214 Å². The van der Waals surface area contributed by atoms with E-state index in [1.54, 1.807) is 25.1 Å². The summed E-state index contributed by atoms with van der Waals surface area (Å²) in [4.78, 5) is 16.1. The van der Waals surface area contributed by atoms with Crippen LogP contribution >= 0.6 is 0 Å². The summed E-state index contributed by atoms with van der Waals surface area (Å²) < 4.78 is 35.5. The first-order chi connectivity index (χ1) is 16.8. The van der Waals surface area contributed by atoms with E-state index in [9.17, 15) is 13.2 Å². The van der Waals surface area contributed by atoms with Crippen molar-refractivity contribution in [1.82, 2.24) is 4.98 Å². The number of aryl methyl sites for hydroxylation is 2. The zero-order chi connectivity index (χ0) is 26.5. The maximum absolute atomic E-state index is 13.9. The summed E-state index contributed by atoms with van der Waals surface area (Å²) in [5.41, 5.74) is 2.05. The third-order valence-corrected chi connectivity index (χ3v) is 10.4. The van der Waals surface area contributed by atoms with Crippen molar-refractivity contribution in [3.05, 3.63) is 47.2 Å². The number of anilines is 1. The number of carboxylic acids is 1. The number of pyridine rings is 1. The number of benzene rings is 1. The Hall–Kier alpha value is -2.61. The van der Waals surface area contributed by atoms with Crippen LogP contribution in [0.5, 0.6) is 5.75 Å². The number of nitrogens with zero attached hydrogens (tertiary/aromatic N) is 2. The molecule has 1 N–H and O–H groups in total. The molecule has 7 nitrogen and oxygen atoms in total. The predicted molar refractivity (Wildman–Crippen MR) is 140 cm³/mol. The van der Waals surface area contributed by atoms with E-state index in [0.717, 1.165) is 35.4 Å². The van der Waals surface area contributed by atoms with Crippen molar-refractivity contribution < 1.29 is 23.1 Å². The topological polar surface area (TPSA) is 96.8 Å². The molecular formula is C28H38N2O5S. The van der Waals surface area contributed by atoms with Gasteiger partial charge in [-0.25, -0.2) is 17.7 Å². The van der Waals surface area contributed by atoms with Crippen molar-refractivity contribution in [1.29, 1.82) is 0 Å². The number of hydrogen-bond acceptors (Lipinski definition) is 5. The quantitative estimate of drug-likeness (QED) is 0.519. The molecule has 0 radical (unpaired) electrons. The molecule has 8 heteroatoms. The largest absolute Gasteiger partial charge is 0.487 e. The Kier molecular flexibility index (Phi) is 6.88. The van der Waals surface area contributed by atoms with Gasteiger partial charge in [0, 0.05) is 17.7 Å². The van der Waals surface area contributed by atoms with E-state index in [2.05, 4.69) is 34.6 Å². The Morgan fingerprint density at radius 3 is 2.64 bits per heavy atom. The van der Waals surface area contributed by atoms with Gasteiger partial charge in [0.15, 0.2) is 0 Å². The molecule has 0 bridgehead atoms. The minimum absolute atomic E-state index is 0.109. The van der Waals surface area contributed by atoms with Gasteiger partial charge in [-0.2, -0.15) is 0 Å². The van der Waals surface area contributed by atoms with Gasteiger partial charge >= 0.3 is 5.97 Å². The fourth-order valence-corrected chi connectivity index (χ4v) is 6.62. The maximum Gasteiger partial charge on any atom is 0.306 e. The van der Waals surface area contributed by atoms with Crippen LogP contribution in [0.25, 0.3) is 0 Å². The van der Waals surface area contributed by atoms with Crippen LogP contribution in [0.2, 0.25) is 0 Å². The van der Waals surface area contributed by atoms with Gasteiger partial charge in [-0.3, -0.25) is 4.79 Å². The molecule has 2 aliphatic heterocycles. The molecule has 0 aliphatic carbocycles. The molecule has 1 aromatic carbocycles. The lowest BCUT2D eigenvalue weighted by Gasteiger charge is -2.50. The van der Waals surface area contributed by atoms with E-state index >= 15 is 0 Å². The molecule has 36 heavy (non-hydrogen) atoms. The maximum atomic E-state index is 13.9. The molecular weight excluding hydrogens is 476 g/mol. The number of ether oxygens (including phenoxy) is 1. The highest BCUT2D eigenvalue weighted by molar-refractivity contribution is 7.92. The third-order valence-electron chi connectivity index (χ3n) is 8.58. The second kappa shape index (κ2) is 9.36. The van der Waals surface area contributed by atoms with Crippen molar-refractivity contribution >= 4 is 21.8 Å². The number of aromatic nitrogens is 1. The van der Waals surface area contributed by atoms with Crippen LogP contribution in [0.15, 0.2) is 35.2 Å². The second-order valence-corrected chi connectivity index (χ2v) is 13.2. The molecule has 4 rings (SSSR count). The lowest BCUT2D eigenvalue weighted by Crippen LogP contribution is -2.50. The summed E-state index contributed by atoms with van der Waals surface area (Å²) >= 11 is 0. The Morgan fingerprint density at radius 2 is 1.94 bits per heavy atom. The molecule has 2 aliphatic rings. The van der Waals surface area contributed by atoms with Gasteiger partial charge in [-0.05, 0) is 87.3 Å². The molecule has 3 heterocycles. The van der Waals surface area contributed by atoms with Gasteiger partial charge in [0.1, 0.15) is 17.2 Å².